The Morgan fingerprint density at radius 2 is 2.23 bits per heavy atom. The molecule has 1 N–H and O–H groups in total. The molecule has 0 heterocycles. The van der Waals surface area contributed by atoms with E-state index in [2.05, 4.69) is 0 Å². The zero-order valence-corrected chi connectivity index (χ0v) is 7.73. The fraction of sp³-hybridized carbons (Fsp3) is 0.222. The molecular formula is C9H8ClFO2. The molecule has 2 nitrogen and oxygen atoms in total. The first-order valence-electron chi connectivity index (χ1n) is 3.67. The Morgan fingerprint density at radius 1 is 1.62 bits per heavy atom. The summed E-state index contributed by atoms with van der Waals surface area (Å²) in [7, 11) is 0. The molecule has 0 spiro atoms. The maximum Gasteiger partial charge on any atom is 0.307 e. The molecule has 0 amide bonds. The molecule has 0 aliphatic rings. The number of halogens is 2. The van der Waals surface area contributed by atoms with Gasteiger partial charge in [0.25, 0.3) is 0 Å². The Bertz CT molecular complexity index is 350. The van der Waals surface area contributed by atoms with Gasteiger partial charge in [0.2, 0.25) is 0 Å². The first-order chi connectivity index (χ1) is 6.02. The van der Waals surface area contributed by atoms with Crippen molar-refractivity contribution in [2.45, 2.75) is 13.3 Å². The second kappa shape index (κ2) is 3.75. The summed E-state index contributed by atoms with van der Waals surface area (Å²) in [6.07, 6.45) is -0.335. The molecule has 0 radical (unpaired) electrons. The van der Waals surface area contributed by atoms with Crippen molar-refractivity contribution in [3.63, 3.8) is 0 Å². The summed E-state index contributed by atoms with van der Waals surface area (Å²) in [6, 6.07) is 2.59. The number of hydrogen-bond acceptors (Lipinski definition) is 1. The molecule has 0 aliphatic heterocycles. The van der Waals surface area contributed by atoms with Crippen LogP contribution in [-0.2, 0) is 11.2 Å². The maximum absolute atomic E-state index is 13.1. The molecule has 0 unspecified atom stereocenters. The molecule has 0 aromatic heterocycles. The molecule has 1 aromatic carbocycles. The van der Waals surface area contributed by atoms with Crippen molar-refractivity contribution in [1.82, 2.24) is 0 Å². The van der Waals surface area contributed by atoms with E-state index >= 15 is 0 Å². The van der Waals surface area contributed by atoms with Crippen molar-refractivity contribution in [2.75, 3.05) is 0 Å². The van der Waals surface area contributed by atoms with Gasteiger partial charge in [0.15, 0.2) is 0 Å². The molecular weight excluding hydrogens is 195 g/mol. The summed E-state index contributed by atoms with van der Waals surface area (Å²) in [5.74, 6) is -1.59. The van der Waals surface area contributed by atoms with E-state index in [9.17, 15) is 9.18 Å². The molecule has 0 fully saturated rings. The van der Waals surface area contributed by atoms with Gasteiger partial charge in [0, 0.05) is 10.6 Å². The van der Waals surface area contributed by atoms with Crippen LogP contribution in [0.2, 0.25) is 5.02 Å². The van der Waals surface area contributed by atoms with Crippen molar-refractivity contribution in [3.05, 3.63) is 34.1 Å². The number of aliphatic carboxylic acids is 1. The molecule has 1 aromatic rings. The number of rotatable bonds is 2. The van der Waals surface area contributed by atoms with E-state index in [0.717, 1.165) is 0 Å². The van der Waals surface area contributed by atoms with E-state index in [0.29, 0.717) is 10.6 Å². The van der Waals surface area contributed by atoms with Crippen LogP contribution in [0.5, 0.6) is 0 Å². The molecule has 0 saturated carbocycles. The van der Waals surface area contributed by atoms with Crippen LogP contribution in [0.15, 0.2) is 12.1 Å². The summed E-state index contributed by atoms with van der Waals surface area (Å²) in [6.45, 7) is 1.60. The Hall–Kier alpha value is -1.09. The van der Waals surface area contributed by atoms with Gasteiger partial charge in [-0.15, -0.1) is 0 Å². The van der Waals surface area contributed by atoms with E-state index in [1.54, 1.807) is 6.92 Å². The van der Waals surface area contributed by atoms with Gasteiger partial charge in [-0.25, -0.2) is 4.39 Å². The zero-order chi connectivity index (χ0) is 10.0. The van der Waals surface area contributed by atoms with Crippen molar-refractivity contribution in [3.8, 4) is 0 Å². The molecule has 0 atom stereocenters. The van der Waals surface area contributed by atoms with Gasteiger partial charge in [-0.3, -0.25) is 4.79 Å². The highest BCUT2D eigenvalue weighted by Gasteiger charge is 2.11. The summed E-state index contributed by atoms with van der Waals surface area (Å²) < 4.78 is 13.1. The lowest BCUT2D eigenvalue weighted by Gasteiger charge is -2.05. The molecule has 70 valence electrons. The van der Waals surface area contributed by atoms with Crippen molar-refractivity contribution >= 4 is 17.6 Å². The molecule has 0 bridgehead atoms. The maximum atomic E-state index is 13.1. The normalized spacial score (nSPS) is 10.1. The van der Waals surface area contributed by atoms with Crippen LogP contribution in [0.25, 0.3) is 0 Å². The van der Waals surface area contributed by atoms with Gasteiger partial charge in [-0.2, -0.15) is 0 Å². The number of carbonyl (C=O) groups is 1. The predicted molar refractivity (Wildman–Crippen MR) is 47.5 cm³/mol. The smallest absolute Gasteiger partial charge is 0.307 e. The zero-order valence-electron chi connectivity index (χ0n) is 6.97. The summed E-state index contributed by atoms with van der Waals surface area (Å²) in [4.78, 5) is 10.4. The van der Waals surface area contributed by atoms with Crippen LogP contribution in [-0.4, -0.2) is 11.1 Å². The topological polar surface area (TPSA) is 37.3 Å². The fourth-order valence-corrected chi connectivity index (χ4v) is 1.24. The largest absolute Gasteiger partial charge is 0.481 e. The summed E-state index contributed by atoms with van der Waals surface area (Å²) in [5, 5.41) is 8.88. The Morgan fingerprint density at radius 3 is 2.77 bits per heavy atom. The number of carboxylic acid groups (broad SMARTS) is 1. The first kappa shape index (κ1) is 9.99. The SMILES string of the molecule is Cc1c(Cl)ccc(F)c1CC(=O)O. The van der Waals surface area contributed by atoms with Crippen LogP contribution in [0, 0.1) is 12.7 Å². The average molecular weight is 203 g/mol. The van der Waals surface area contributed by atoms with E-state index in [-0.39, 0.29) is 12.0 Å². The monoisotopic (exact) mass is 202 g/mol. The fourth-order valence-electron chi connectivity index (χ4n) is 1.06. The Balaban J connectivity index is 3.17. The highest BCUT2D eigenvalue weighted by Crippen LogP contribution is 2.22. The van der Waals surface area contributed by atoms with Crippen molar-refractivity contribution in [2.24, 2.45) is 0 Å². The highest BCUT2D eigenvalue weighted by atomic mass is 35.5. The van der Waals surface area contributed by atoms with Crippen LogP contribution in [0.4, 0.5) is 4.39 Å². The number of carboxylic acids is 1. The lowest BCUT2D eigenvalue weighted by molar-refractivity contribution is -0.136. The first-order valence-corrected chi connectivity index (χ1v) is 4.05. The third-order valence-electron chi connectivity index (χ3n) is 1.80. The Labute approximate surface area is 80.0 Å². The minimum Gasteiger partial charge on any atom is -0.481 e. The van der Waals surface area contributed by atoms with Crippen LogP contribution < -0.4 is 0 Å². The number of benzene rings is 1. The molecule has 0 saturated heterocycles. The molecule has 13 heavy (non-hydrogen) atoms. The van der Waals surface area contributed by atoms with E-state index < -0.39 is 11.8 Å². The van der Waals surface area contributed by atoms with E-state index in [4.69, 9.17) is 16.7 Å². The average Bonchev–Trinajstić information content (AvgIpc) is 2.05. The molecule has 4 heteroatoms. The quantitative estimate of drug-likeness (QED) is 0.800. The van der Waals surface area contributed by atoms with E-state index in [1.165, 1.54) is 12.1 Å². The highest BCUT2D eigenvalue weighted by molar-refractivity contribution is 6.31. The number of hydrogen-bond donors (Lipinski definition) is 1. The van der Waals surface area contributed by atoms with Crippen LogP contribution >= 0.6 is 11.6 Å². The van der Waals surface area contributed by atoms with Gasteiger partial charge < -0.3 is 5.11 Å². The second-order valence-corrected chi connectivity index (χ2v) is 3.11. The third-order valence-corrected chi connectivity index (χ3v) is 2.21. The van der Waals surface area contributed by atoms with Crippen LogP contribution in [0.3, 0.4) is 0 Å². The van der Waals surface area contributed by atoms with Gasteiger partial charge in [-0.1, -0.05) is 11.6 Å². The van der Waals surface area contributed by atoms with Gasteiger partial charge in [0.1, 0.15) is 5.82 Å². The van der Waals surface area contributed by atoms with Gasteiger partial charge in [-0.05, 0) is 24.6 Å². The van der Waals surface area contributed by atoms with Gasteiger partial charge >= 0.3 is 5.97 Å². The van der Waals surface area contributed by atoms with Crippen molar-refractivity contribution < 1.29 is 14.3 Å². The minimum atomic E-state index is -1.07. The molecule has 0 aliphatic carbocycles. The standard InChI is InChI=1S/C9H8ClFO2/c1-5-6(4-9(12)13)8(11)3-2-7(5)10/h2-3H,4H2,1H3,(H,12,13). The van der Waals surface area contributed by atoms with Crippen molar-refractivity contribution in [1.29, 1.82) is 0 Å². The third kappa shape index (κ3) is 2.18. The Kier molecular flexibility index (Phi) is 2.88. The van der Waals surface area contributed by atoms with E-state index in [1.807, 2.05) is 0 Å². The lowest BCUT2D eigenvalue weighted by Crippen LogP contribution is -2.04. The van der Waals surface area contributed by atoms with Gasteiger partial charge in [0.05, 0.1) is 6.42 Å². The summed E-state index contributed by atoms with van der Waals surface area (Å²) >= 11 is 5.71. The predicted octanol–water partition coefficient (Wildman–Crippen LogP) is 2.41. The van der Waals surface area contributed by atoms with Crippen LogP contribution in [0.1, 0.15) is 11.1 Å². The second-order valence-electron chi connectivity index (χ2n) is 2.70. The minimum absolute atomic E-state index is 0.153. The summed E-state index contributed by atoms with van der Waals surface area (Å²) in [5.41, 5.74) is 0.643. The lowest BCUT2D eigenvalue weighted by atomic mass is 10.1. The molecule has 1 rings (SSSR count).